The molecule has 191 valence electrons. The molecule has 6 rings (SSSR count). The molecule has 0 aliphatic carbocycles. The van der Waals surface area contributed by atoms with Gasteiger partial charge in [0.2, 0.25) is 0 Å². The first-order valence-electron chi connectivity index (χ1n) is 13.2. The van der Waals surface area contributed by atoms with Gasteiger partial charge in [0.25, 0.3) is 0 Å². The van der Waals surface area contributed by atoms with Gasteiger partial charge in [-0.05, 0) is 64.7 Å². The monoisotopic (exact) mass is 516 g/mol. The molecule has 1 N–H and O–H groups in total. The minimum Gasteiger partial charge on any atom is -0.537 e. The SMILES string of the molecule is O[B]Oc1ccccc1-c1ccc(N(c2ccccc2)c2ccc(-c3ccccc3)cc2-c2ccccc2)cc1. The van der Waals surface area contributed by atoms with E-state index in [-0.39, 0.29) is 0 Å². The molecule has 0 aliphatic rings. The van der Waals surface area contributed by atoms with Crippen LogP contribution in [0.25, 0.3) is 33.4 Å². The smallest absolute Gasteiger partial charge is 0.537 e. The quantitative estimate of drug-likeness (QED) is 0.205. The lowest BCUT2D eigenvalue weighted by molar-refractivity contribution is 0.455. The van der Waals surface area contributed by atoms with Crippen molar-refractivity contribution in [2.45, 2.75) is 0 Å². The molecule has 0 unspecified atom stereocenters. The highest BCUT2D eigenvalue weighted by atomic mass is 16.5. The van der Waals surface area contributed by atoms with Gasteiger partial charge < -0.3 is 14.6 Å². The van der Waals surface area contributed by atoms with Gasteiger partial charge in [-0.3, -0.25) is 0 Å². The summed E-state index contributed by atoms with van der Waals surface area (Å²) in [6, 6.07) is 54.3. The molecule has 0 saturated heterocycles. The van der Waals surface area contributed by atoms with Crippen molar-refractivity contribution in [3.8, 4) is 39.1 Å². The highest BCUT2D eigenvalue weighted by molar-refractivity contribution is 6.17. The molecule has 0 fully saturated rings. The average molecular weight is 516 g/mol. The van der Waals surface area contributed by atoms with Crippen molar-refractivity contribution in [1.29, 1.82) is 0 Å². The number of benzene rings is 6. The Balaban J connectivity index is 1.50. The van der Waals surface area contributed by atoms with E-state index < -0.39 is 0 Å². The molecule has 0 amide bonds. The van der Waals surface area contributed by atoms with E-state index in [1.165, 1.54) is 11.1 Å². The highest BCUT2D eigenvalue weighted by Crippen LogP contribution is 2.43. The summed E-state index contributed by atoms with van der Waals surface area (Å²) in [6.45, 7) is 0. The van der Waals surface area contributed by atoms with Crippen LogP contribution >= 0.6 is 0 Å². The lowest BCUT2D eigenvalue weighted by atomic mass is 9.96. The molecule has 3 nitrogen and oxygen atoms in total. The van der Waals surface area contributed by atoms with E-state index >= 15 is 0 Å². The van der Waals surface area contributed by atoms with Gasteiger partial charge in [0, 0.05) is 22.5 Å². The highest BCUT2D eigenvalue weighted by Gasteiger charge is 2.18. The van der Waals surface area contributed by atoms with Gasteiger partial charge in [-0.15, -0.1) is 0 Å². The van der Waals surface area contributed by atoms with Crippen molar-refractivity contribution in [1.82, 2.24) is 0 Å². The summed E-state index contributed by atoms with van der Waals surface area (Å²) in [7, 11) is 0.717. The van der Waals surface area contributed by atoms with Crippen LogP contribution in [0.3, 0.4) is 0 Å². The Labute approximate surface area is 235 Å². The first kappa shape index (κ1) is 25.2. The zero-order valence-corrected chi connectivity index (χ0v) is 21.9. The number of nitrogens with zero attached hydrogens (tertiary/aromatic N) is 1. The second-order valence-corrected chi connectivity index (χ2v) is 9.40. The van der Waals surface area contributed by atoms with Crippen LogP contribution in [-0.4, -0.2) is 12.7 Å². The molecule has 40 heavy (non-hydrogen) atoms. The van der Waals surface area contributed by atoms with Crippen molar-refractivity contribution in [2.24, 2.45) is 0 Å². The molecule has 0 spiro atoms. The van der Waals surface area contributed by atoms with E-state index in [0.29, 0.717) is 13.4 Å². The Hall–Kier alpha value is -5.06. The molecule has 0 saturated carbocycles. The predicted molar refractivity (Wildman–Crippen MR) is 166 cm³/mol. The topological polar surface area (TPSA) is 32.7 Å². The molecule has 6 aromatic rings. The van der Waals surface area contributed by atoms with Gasteiger partial charge >= 0.3 is 7.69 Å². The molecule has 4 heteroatoms. The van der Waals surface area contributed by atoms with Gasteiger partial charge in [0.15, 0.2) is 0 Å². The molecule has 0 heterocycles. The predicted octanol–water partition coefficient (Wildman–Crippen LogP) is 9.06. The fourth-order valence-electron chi connectivity index (χ4n) is 5.05. The first-order valence-corrected chi connectivity index (χ1v) is 13.2. The van der Waals surface area contributed by atoms with Crippen LogP contribution < -0.4 is 9.55 Å². The normalized spacial score (nSPS) is 10.6. The van der Waals surface area contributed by atoms with E-state index in [9.17, 15) is 5.02 Å². The number of rotatable bonds is 8. The largest absolute Gasteiger partial charge is 0.569 e. The minimum atomic E-state index is 0.598. The van der Waals surface area contributed by atoms with E-state index in [0.717, 1.165) is 39.3 Å². The summed E-state index contributed by atoms with van der Waals surface area (Å²) in [4.78, 5) is 2.30. The van der Waals surface area contributed by atoms with Gasteiger partial charge in [-0.1, -0.05) is 115 Å². The zero-order valence-electron chi connectivity index (χ0n) is 21.9. The van der Waals surface area contributed by atoms with Crippen molar-refractivity contribution in [2.75, 3.05) is 4.90 Å². The zero-order chi connectivity index (χ0) is 27.1. The molecule has 1 radical (unpaired) electrons. The third kappa shape index (κ3) is 5.26. The summed E-state index contributed by atoms with van der Waals surface area (Å²) in [5, 5.41) is 9.22. The fourth-order valence-corrected chi connectivity index (χ4v) is 5.05. The Morgan fingerprint density at radius 1 is 0.450 bits per heavy atom. The van der Waals surface area contributed by atoms with Crippen molar-refractivity contribution in [3.05, 3.63) is 158 Å². The van der Waals surface area contributed by atoms with Crippen molar-refractivity contribution >= 4 is 24.7 Å². The van der Waals surface area contributed by atoms with Gasteiger partial charge in [-0.25, -0.2) is 0 Å². The van der Waals surface area contributed by atoms with Crippen LogP contribution in [0.5, 0.6) is 5.75 Å². The van der Waals surface area contributed by atoms with Crippen LogP contribution in [0.4, 0.5) is 17.1 Å². The Bertz CT molecular complexity index is 1690. The fraction of sp³-hybridized carbons (Fsp3) is 0. The summed E-state index contributed by atoms with van der Waals surface area (Å²) in [6.07, 6.45) is 0. The van der Waals surface area contributed by atoms with Crippen LogP contribution in [-0.2, 0) is 0 Å². The Morgan fingerprint density at radius 3 is 1.65 bits per heavy atom. The number of para-hydroxylation sites is 2. The van der Waals surface area contributed by atoms with Gasteiger partial charge in [0.1, 0.15) is 5.75 Å². The molecule has 6 aromatic carbocycles. The number of hydrogen-bond donors (Lipinski definition) is 1. The summed E-state index contributed by atoms with van der Waals surface area (Å²) >= 11 is 0. The second-order valence-electron chi connectivity index (χ2n) is 9.40. The molecule has 0 bridgehead atoms. The van der Waals surface area contributed by atoms with Crippen molar-refractivity contribution < 1.29 is 9.68 Å². The molecule has 0 aromatic heterocycles. The number of anilines is 3. The maximum atomic E-state index is 9.22. The van der Waals surface area contributed by atoms with Crippen LogP contribution in [0, 0.1) is 0 Å². The molecular formula is C36H27BNO2. The van der Waals surface area contributed by atoms with Crippen LogP contribution in [0.2, 0.25) is 0 Å². The first-order chi connectivity index (χ1) is 19.8. The van der Waals surface area contributed by atoms with E-state index in [2.05, 4.69) is 120 Å². The maximum absolute atomic E-state index is 9.22. The second kappa shape index (κ2) is 11.8. The third-order valence-electron chi connectivity index (χ3n) is 6.95. The van der Waals surface area contributed by atoms with E-state index in [1.54, 1.807) is 0 Å². The molecular weight excluding hydrogens is 489 g/mol. The average Bonchev–Trinajstić information content (AvgIpc) is 3.03. The lowest BCUT2D eigenvalue weighted by Gasteiger charge is -2.28. The van der Waals surface area contributed by atoms with Crippen molar-refractivity contribution in [3.63, 3.8) is 0 Å². The van der Waals surface area contributed by atoms with E-state index in [1.807, 2.05) is 42.5 Å². The minimum absolute atomic E-state index is 0.598. The molecule has 0 aliphatic heterocycles. The van der Waals surface area contributed by atoms with E-state index in [4.69, 9.17) is 4.65 Å². The lowest BCUT2D eigenvalue weighted by Crippen LogP contribution is -2.11. The summed E-state index contributed by atoms with van der Waals surface area (Å²) < 4.78 is 5.34. The number of hydrogen-bond acceptors (Lipinski definition) is 3. The molecule has 0 atom stereocenters. The van der Waals surface area contributed by atoms with Gasteiger partial charge in [-0.2, -0.15) is 0 Å². The standard InChI is InChI=1S/C36H27BNO2/c39-37-40-36-19-11-10-18-33(36)29-20-23-32(24-21-29)38(31-16-8-3-9-17-31)35-25-22-30(27-12-4-1-5-13-27)26-34(35)28-14-6-2-7-15-28/h1-26,39H. The maximum Gasteiger partial charge on any atom is 0.569 e. The third-order valence-corrected chi connectivity index (χ3v) is 6.95. The Kier molecular flexibility index (Phi) is 7.43. The van der Waals surface area contributed by atoms with Crippen LogP contribution in [0.1, 0.15) is 0 Å². The van der Waals surface area contributed by atoms with Gasteiger partial charge in [0.05, 0.1) is 5.69 Å². The Morgan fingerprint density at radius 2 is 0.975 bits per heavy atom. The summed E-state index contributed by atoms with van der Waals surface area (Å²) in [5.41, 5.74) is 9.74. The van der Waals surface area contributed by atoms with Crippen LogP contribution in [0.15, 0.2) is 158 Å². The summed E-state index contributed by atoms with van der Waals surface area (Å²) in [5.74, 6) is 0.598.